The molecule has 6 heteroatoms. The predicted octanol–water partition coefficient (Wildman–Crippen LogP) is 3.11. The molecule has 1 amide bonds. The van der Waals surface area contributed by atoms with Gasteiger partial charge in [-0.2, -0.15) is 5.10 Å². The Morgan fingerprint density at radius 2 is 2.04 bits per heavy atom. The maximum absolute atomic E-state index is 12.1. The van der Waals surface area contributed by atoms with Gasteiger partial charge in [0.05, 0.1) is 18.7 Å². The second-order valence-corrected chi connectivity index (χ2v) is 5.91. The van der Waals surface area contributed by atoms with Crippen molar-refractivity contribution in [3.63, 3.8) is 0 Å². The summed E-state index contributed by atoms with van der Waals surface area (Å²) in [4.78, 5) is 12.1. The molecule has 24 heavy (non-hydrogen) atoms. The average molecular weight is 344 g/mol. The van der Waals surface area contributed by atoms with Crippen LogP contribution in [0.5, 0.6) is 0 Å². The molecule has 0 radical (unpaired) electrons. The first kappa shape index (κ1) is 16.5. The van der Waals surface area contributed by atoms with Crippen LogP contribution in [0.25, 0.3) is 10.9 Å². The molecule has 0 fully saturated rings. The topological polar surface area (TPSA) is 56.1 Å². The normalized spacial score (nSPS) is 10.9. The lowest BCUT2D eigenvalue weighted by Crippen LogP contribution is -2.26. The molecule has 0 aliphatic heterocycles. The van der Waals surface area contributed by atoms with Gasteiger partial charge in [-0.3, -0.25) is 9.48 Å². The van der Waals surface area contributed by atoms with E-state index >= 15 is 0 Å². The average Bonchev–Trinajstić information content (AvgIpc) is 2.98. The second-order valence-electron chi connectivity index (χ2n) is 5.48. The number of halogens is 1. The summed E-state index contributed by atoms with van der Waals surface area (Å²) in [5, 5.41) is 9.00. The molecule has 3 aromatic rings. The molecule has 0 bridgehead atoms. The Hall–Kier alpha value is -2.37. The Labute approximate surface area is 145 Å². The highest BCUT2D eigenvalue weighted by Gasteiger charge is 2.08. The van der Waals surface area contributed by atoms with Crippen LogP contribution in [-0.2, 0) is 11.3 Å². The van der Waals surface area contributed by atoms with Gasteiger partial charge in [-0.1, -0.05) is 23.7 Å². The summed E-state index contributed by atoms with van der Waals surface area (Å²) in [6.07, 6.45) is 1.94. The molecule has 5 nitrogen and oxygen atoms in total. The molecule has 2 aromatic carbocycles. The van der Waals surface area contributed by atoms with Crippen LogP contribution in [-0.4, -0.2) is 35.9 Å². The van der Waals surface area contributed by atoms with E-state index in [1.54, 1.807) is 13.2 Å². The highest BCUT2D eigenvalue weighted by atomic mass is 35.5. The van der Waals surface area contributed by atoms with Gasteiger partial charge in [-0.25, -0.2) is 0 Å². The van der Waals surface area contributed by atoms with E-state index in [2.05, 4.69) is 10.4 Å². The molecule has 0 atom stereocenters. The number of hydrogen-bond acceptors (Lipinski definition) is 3. The number of fused-ring (bicyclic) bond motifs is 1. The van der Waals surface area contributed by atoms with Gasteiger partial charge in [0.15, 0.2) is 0 Å². The van der Waals surface area contributed by atoms with Crippen LogP contribution >= 0.6 is 11.6 Å². The summed E-state index contributed by atoms with van der Waals surface area (Å²) in [5.74, 6) is -0.112. The lowest BCUT2D eigenvalue weighted by molar-refractivity contribution is 0.0937. The molecule has 1 heterocycles. The first-order valence-electron chi connectivity index (χ1n) is 7.64. The minimum absolute atomic E-state index is 0.112. The smallest absolute Gasteiger partial charge is 0.251 e. The first-order chi connectivity index (χ1) is 11.7. The van der Waals surface area contributed by atoms with E-state index in [9.17, 15) is 4.79 Å². The lowest BCUT2D eigenvalue weighted by Gasteiger charge is -2.04. The summed E-state index contributed by atoms with van der Waals surface area (Å²) in [6, 6.07) is 13.2. The van der Waals surface area contributed by atoms with Crippen molar-refractivity contribution in [2.24, 2.45) is 0 Å². The van der Waals surface area contributed by atoms with E-state index < -0.39 is 0 Å². The van der Waals surface area contributed by atoms with Gasteiger partial charge in [0.1, 0.15) is 0 Å². The van der Waals surface area contributed by atoms with E-state index in [1.165, 1.54) is 0 Å². The van der Waals surface area contributed by atoms with Gasteiger partial charge in [-0.15, -0.1) is 0 Å². The van der Waals surface area contributed by atoms with E-state index in [-0.39, 0.29) is 5.91 Å². The molecule has 3 rings (SSSR count). The largest absolute Gasteiger partial charge is 0.383 e. The van der Waals surface area contributed by atoms with Crippen LogP contribution in [0.3, 0.4) is 0 Å². The Kier molecular flexibility index (Phi) is 5.13. The zero-order valence-corrected chi connectivity index (χ0v) is 14.1. The number of benzene rings is 2. The van der Waals surface area contributed by atoms with Crippen molar-refractivity contribution in [3.05, 3.63) is 64.8 Å². The summed E-state index contributed by atoms with van der Waals surface area (Å²) < 4.78 is 6.79. The minimum Gasteiger partial charge on any atom is -0.383 e. The number of nitrogens with one attached hydrogen (secondary N) is 1. The fourth-order valence-corrected chi connectivity index (χ4v) is 2.57. The van der Waals surface area contributed by atoms with E-state index in [4.69, 9.17) is 16.3 Å². The number of amides is 1. The molecular weight excluding hydrogens is 326 g/mol. The SMILES string of the molecule is COCCNC(=O)c1ccc2nn(Cc3ccc(Cl)cc3)cc2c1. The number of nitrogens with zero attached hydrogens (tertiary/aromatic N) is 2. The molecule has 124 valence electrons. The van der Waals surface area contributed by atoms with Crippen LogP contribution in [0.4, 0.5) is 0 Å². The molecule has 0 spiro atoms. The van der Waals surface area contributed by atoms with Gasteiger partial charge in [0, 0.05) is 35.8 Å². The molecule has 0 saturated carbocycles. The Balaban J connectivity index is 1.76. The zero-order chi connectivity index (χ0) is 16.9. The van der Waals surface area contributed by atoms with Crippen molar-refractivity contribution in [1.82, 2.24) is 15.1 Å². The number of ether oxygens (including phenoxy) is 1. The van der Waals surface area contributed by atoms with Gasteiger partial charge in [0.25, 0.3) is 5.91 Å². The van der Waals surface area contributed by atoms with Crippen molar-refractivity contribution < 1.29 is 9.53 Å². The number of carbonyl (C=O) groups is 1. The van der Waals surface area contributed by atoms with E-state index in [0.29, 0.717) is 30.3 Å². The third-order valence-corrected chi connectivity index (χ3v) is 3.92. The third-order valence-electron chi connectivity index (χ3n) is 3.66. The summed E-state index contributed by atoms with van der Waals surface area (Å²) in [5.41, 5.74) is 2.59. The molecule has 0 saturated heterocycles. The molecule has 0 aliphatic rings. The van der Waals surface area contributed by atoms with Crippen LogP contribution < -0.4 is 5.32 Å². The highest BCUT2D eigenvalue weighted by molar-refractivity contribution is 6.30. The number of carbonyl (C=O) groups excluding carboxylic acids is 1. The quantitative estimate of drug-likeness (QED) is 0.700. The molecule has 1 aromatic heterocycles. The third kappa shape index (κ3) is 3.93. The van der Waals surface area contributed by atoms with E-state index in [0.717, 1.165) is 16.5 Å². The lowest BCUT2D eigenvalue weighted by atomic mass is 10.1. The fourth-order valence-electron chi connectivity index (χ4n) is 2.44. The summed E-state index contributed by atoms with van der Waals surface area (Å²) in [6.45, 7) is 1.64. The standard InChI is InChI=1S/C18H18ClN3O2/c1-24-9-8-20-18(23)14-4-7-17-15(10-14)12-22(21-17)11-13-2-5-16(19)6-3-13/h2-7,10,12H,8-9,11H2,1H3,(H,20,23). The van der Waals surface area contributed by atoms with Crippen LogP contribution in [0.2, 0.25) is 5.02 Å². The number of hydrogen-bond donors (Lipinski definition) is 1. The maximum atomic E-state index is 12.1. The number of aromatic nitrogens is 2. The Morgan fingerprint density at radius 3 is 2.79 bits per heavy atom. The molecule has 0 aliphatic carbocycles. The molecule has 0 unspecified atom stereocenters. The van der Waals surface area contributed by atoms with Crippen molar-refractivity contribution in [1.29, 1.82) is 0 Å². The second kappa shape index (κ2) is 7.47. The minimum atomic E-state index is -0.112. The van der Waals surface area contributed by atoms with Gasteiger partial charge >= 0.3 is 0 Å². The zero-order valence-electron chi connectivity index (χ0n) is 13.3. The van der Waals surface area contributed by atoms with Gasteiger partial charge < -0.3 is 10.1 Å². The number of rotatable bonds is 6. The van der Waals surface area contributed by atoms with Gasteiger partial charge in [-0.05, 0) is 35.9 Å². The predicted molar refractivity (Wildman–Crippen MR) is 94.5 cm³/mol. The summed E-state index contributed by atoms with van der Waals surface area (Å²) >= 11 is 5.90. The van der Waals surface area contributed by atoms with Crippen LogP contribution in [0.1, 0.15) is 15.9 Å². The van der Waals surface area contributed by atoms with Crippen LogP contribution in [0.15, 0.2) is 48.7 Å². The van der Waals surface area contributed by atoms with Crippen molar-refractivity contribution >= 4 is 28.4 Å². The molecular formula is C18H18ClN3O2. The van der Waals surface area contributed by atoms with Crippen molar-refractivity contribution in [3.8, 4) is 0 Å². The van der Waals surface area contributed by atoms with E-state index in [1.807, 2.05) is 47.3 Å². The Morgan fingerprint density at radius 1 is 1.25 bits per heavy atom. The monoisotopic (exact) mass is 343 g/mol. The van der Waals surface area contributed by atoms with Crippen molar-refractivity contribution in [2.45, 2.75) is 6.54 Å². The fraction of sp³-hybridized carbons (Fsp3) is 0.222. The summed E-state index contributed by atoms with van der Waals surface area (Å²) in [7, 11) is 1.60. The number of methoxy groups -OCH3 is 1. The van der Waals surface area contributed by atoms with Gasteiger partial charge in [0.2, 0.25) is 0 Å². The van der Waals surface area contributed by atoms with Crippen molar-refractivity contribution in [2.75, 3.05) is 20.3 Å². The Bertz CT molecular complexity index is 843. The van der Waals surface area contributed by atoms with Crippen LogP contribution in [0, 0.1) is 0 Å². The molecule has 1 N–H and O–H groups in total. The first-order valence-corrected chi connectivity index (χ1v) is 8.02. The highest BCUT2D eigenvalue weighted by Crippen LogP contribution is 2.16. The maximum Gasteiger partial charge on any atom is 0.251 e.